The minimum absolute atomic E-state index is 0.119. The van der Waals surface area contributed by atoms with Gasteiger partial charge in [0.25, 0.3) is 5.56 Å². The van der Waals surface area contributed by atoms with E-state index in [9.17, 15) is 4.79 Å². The summed E-state index contributed by atoms with van der Waals surface area (Å²) in [4.78, 5) is 23.2. The Hall–Kier alpha value is -2.19. The number of nitrogens with one attached hydrogen (secondary N) is 2. The summed E-state index contributed by atoms with van der Waals surface area (Å²) in [5, 5.41) is 5.12. The molecule has 0 spiro atoms. The number of pyridine rings is 1. The summed E-state index contributed by atoms with van der Waals surface area (Å²) in [7, 11) is 0. The van der Waals surface area contributed by atoms with Crippen molar-refractivity contribution in [2.45, 2.75) is 12.2 Å². The molecule has 3 aromatic heterocycles. The Bertz CT molecular complexity index is 805. The molecule has 0 aliphatic heterocycles. The molecule has 124 valence electrons. The second kappa shape index (κ2) is 8.60. The standard InChI is InChI=1S/C16H17N5OS2/c22-15-13(8-12-2-1-4-17-9-12)10-19-16(20-15)18-5-7-23-11-14-3-6-24-21-14/h1-4,6,9-10H,5,7-8,11H2,(H2,18,19,20,22). The van der Waals surface area contributed by atoms with Crippen LogP contribution >= 0.6 is 23.3 Å². The lowest BCUT2D eigenvalue weighted by molar-refractivity contribution is 1.00. The van der Waals surface area contributed by atoms with Crippen LogP contribution in [0.4, 0.5) is 5.95 Å². The molecule has 0 fully saturated rings. The number of aromatic amines is 1. The average Bonchev–Trinajstić information content (AvgIpc) is 3.11. The zero-order valence-corrected chi connectivity index (χ0v) is 14.6. The van der Waals surface area contributed by atoms with E-state index < -0.39 is 0 Å². The van der Waals surface area contributed by atoms with Gasteiger partial charge in [-0.2, -0.15) is 16.1 Å². The van der Waals surface area contributed by atoms with Crippen molar-refractivity contribution >= 4 is 29.2 Å². The summed E-state index contributed by atoms with van der Waals surface area (Å²) in [5.41, 5.74) is 2.61. The van der Waals surface area contributed by atoms with Crippen molar-refractivity contribution in [1.82, 2.24) is 19.3 Å². The van der Waals surface area contributed by atoms with Crippen LogP contribution in [0.15, 0.2) is 47.0 Å². The van der Waals surface area contributed by atoms with E-state index >= 15 is 0 Å². The molecule has 0 amide bonds. The Balaban J connectivity index is 1.47. The molecule has 0 unspecified atom stereocenters. The predicted molar refractivity (Wildman–Crippen MR) is 98.7 cm³/mol. The highest BCUT2D eigenvalue weighted by molar-refractivity contribution is 7.98. The highest BCUT2D eigenvalue weighted by atomic mass is 32.2. The van der Waals surface area contributed by atoms with Gasteiger partial charge in [0.15, 0.2) is 0 Å². The maximum Gasteiger partial charge on any atom is 0.255 e. The van der Waals surface area contributed by atoms with Crippen LogP contribution in [0.5, 0.6) is 0 Å². The molecule has 0 aliphatic rings. The predicted octanol–water partition coefficient (Wildman–Crippen LogP) is 2.56. The molecule has 0 aromatic carbocycles. The fourth-order valence-corrected chi connectivity index (χ4v) is 3.47. The van der Waals surface area contributed by atoms with E-state index in [0.717, 1.165) is 29.3 Å². The van der Waals surface area contributed by atoms with Gasteiger partial charge in [0.05, 0.1) is 5.69 Å². The van der Waals surface area contributed by atoms with Gasteiger partial charge in [0, 0.05) is 54.0 Å². The highest BCUT2D eigenvalue weighted by Gasteiger charge is 2.04. The Morgan fingerprint density at radius 1 is 1.29 bits per heavy atom. The van der Waals surface area contributed by atoms with Crippen molar-refractivity contribution < 1.29 is 0 Å². The molecule has 3 aromatic rings. The molecule has 6 nitrogen and oxygen atoms in total. The molecule has 0 atom stereocenters. The largest absolute Gasteiger partial charge is 0.355 e. The van der Waals surface area contributed by atoms with Crippen LogP contribution in [0.2, 0.25) is 0 Å². The second-order valence-corrected chi connectivity index (χ2v) is 6.87. The summed E-state index contributed by atoms with van der Waals surface area (Å²) in [6.45, 7) is 0.736. The maximum atomic E-state index is 12.1. The molecular formula is C16H17N5OS2. The molecule has 0 aliphatic carbocycles. The highest BCUT2D eigenvalue weighted by Crippen LogP contribution is 2.11. The number of aromatic nitrogens is 4. The van der Waals surface area contributed by atoms with Crippen LogP contribution in [0, 0.1) is 0 Å². The third kappa shape index (κ3) is 4.90. The summed E-state index contributed by atoms with van der Waals surface area (Å²) in [6.07, 6.45) is 5.62. The lowest BCUT2D eigenvalue weighted by Crippen LogP contribution is -2.18. The number of hydrogen-bond acceptors (Lipinski definition) is 7. The van der Waals surface area contributed by atoms with Gasteiger partial charge < -0.3 is 5.32 Å². The summed E-state index contributed by atoms with van der Waals surface area (Å²) < 4.78 is 4.26. The summed E-state index contributed by atoms with van der Waals surface area (Å²) in [5.74, 6) is 2.32. The van der Waals surface area contributed by atoms with Gasteiger partial charge in [-0.15, -0.1) is 0 Å². The third-order valence-electron chi connectivity index (χ3n) is 3.27. The molecule has 0 saturated heterocycles. The first-order chi connectivity index (χ1) is 11.8. The lowest BCUT2D eigenvalue weighted by atomic mass is 10.1. The van der Waals surface area contributed by atoms with E-state index in [-0.39, 0.29) is 5.56 Å². The van der Waals surface area contributed by atoms with Crippen molar-refractivity contribution in [2.24, 2.45) is 0 Å². The first-order valence-electron chi connectivity index (χ1n) is 7.49. The van der Waals surface area contributed by atoms with Crippen molar-refractivity contribution in [3.63, 3.8) is 0 Å². The number of nitrogens with zero attached hydrogens (tertiary/aromatic N) is 3. The van der Waals surface area contributed by atoms with E-state index in [4.69, 9.17) is 0 Å². The zero-order valence-electron chi connectivity index (χ0n) is 12.9. The second-order valence-electron chi connectivity index (χ2n) is 5.09. The molecule has 3 heterocycles. The summed E-state index contributed by atoms with van der Waals surface area (Å²) in [6, 6.07) is 5.83. The van der Waals surface area contributed by atoms with Gasteiger partial charge in [-0.1, -0.05) is 6.07 Å². The third-order valence-corrected chi connectivity index (χ3v) is 4.86. The quantitative estimate of drug-likeness (QED) is 0.602. The number of rotatable bonds is 8. The van der Waals surface area contributed by atoms with Crippen molar-refractivity contribution in [1.29, 1.82) is 0 Å². The van der Waals surface area contributed by atoms with Gasteiger partial charge in [-0.3, -0.25) is 14.8 Å². The van der Waals surface area contributed by atoms with Crippen LogP contribution in [0.25, 0.3) is 0 Å². The first-order valence-corrected chi connectivity index (χ1v) is 9.48. The molecule has 8 heteroatoms. The van der Waals surface area contributed by atoms with Crippen molar-refractivity contribution in [2.75, 3.05) is 17.6 Å². The van der Waals surface area contributed by atoms with Crippen molar-refractivity contribution in [3.05, 3.63) is 69.3 Å². The molecule has 3 rings (SSSR count). The molecule has 2 N–H and O–H groups in total. The van der Waals surface area contributed by atoms with Gasteiger partial charge in [-0.05, 0) is 29.2 Å². The maximum absolute atomic E-state index is 12.1. The van der Waals surface area contributed by atoms with E-state index in [1.54, 1.807) is 30.4 Å². The molecule has 0 saturated carbocycles. The van der Waals surface area contributed by atoms with E-state index in [1.807, 2.05) is 23.6 Å². The lowest BCUT2D eigenvalue weighted by Gasteiger charge is -2.06. The van der Waals surface area contributed by atoms with Crippen LogP contribution in [-0.4, -0.2) is 31.6 Å². The Morgan fingerprint density at radius 3 is 3.00 bits per heavy atom. The molecular weight excluding hydrogens is 342 g/mol. The minimum atomic E-state index is -0.119. The van der Waals surface area contributed by atoms with Gasteiger partial charge in [-0.25, -0.2) is 4.98 Å². The van der Waals surface area contributed by atoms with Gasteiger partial charge >= 0.3 is 0 Å². The minimum Gasteiger partial charge on any atom is -0.355 e. The SMILES string of the molecule is O=c1[nH]c(NCCSCc2ccsn2)ncc1Cc1cccnc1. The number of H-pyrrole nitrogens is 1. The smallest absolute Gasteiger partial charge is 0.255 e. The Kier molecular flexibility index (Phi) is 5.97. The number of thioether (sulfide) groups is 1. The number of anilines is 1. The Morgan fingerprint density at radius 2 is 2.25 bits per heavy atom. The average molecular weight is 359 g/mol. The topological polar surface area (TPSA) is 83.6 Å². The fraction of sp³-hybridized carbons (Fsp3) is 0.250. The molecule has 0 radical (unpaired) electrons. The van der Waals surface area contributed by atoms with E-state index in [1.165, 1.54) is 11.5 Å². The van der Waals surface area contributed by atoms with Crippen LogP contribution < -0.4 is 10.9 Å². The van der Waals surface area contributed by atoms with E-state index in [0.29, 0.717) is 17.9 Å². The zero-order chi connectivity index (χ0) is 16.6. The van der Waals surface area contributed by atoms with Crippen LogP contribution in [0.3, 0.4) is 0 Å². The van der Waals surface area contributed by atoms with Crippen LogP contribution in [0.1, 0.15) is 16.8 Å². The van der Waals surface area contributed by atoms with Gasteiger partial charge in [0.1, 0.15) is 0 Å². The fourth-order valence-electron chi connectivity index (χ4n) is 2.09. The molecule has 0 bridgehead atoms. The first kappa shape index (κ1) is 16.7. The van der Waals surface area contributed by atoms with Crippen molar-refractivity contribution in [3.8, 4) is 0 Å². The normalized spacial score (nSPS) is 10.7. The number of hydrogen-bond donors (Lipinski definition) is 2. The van der Waals surface area contributed by atoms with Gasteiger partial charge in [0.2, 0.25) is 5.95 Å². The Labute approximate surface area is 147 Å². The van der Waals surface area contributed by atoms with Crippen LogP contribution in [-0.2, 0) is 12.2 Å². The monoisotopic (exact) mass is 359 g/mol. The van der Waals surface area contributed by atoms with E-state index in [2.05, 4.69) is 24.6 Å². The summed E-state index contributed by atoms with van der Waals surface area (Å²) >= 11 is 3.27. The molecule has 24 heavy (non-hydrogen) atoms.